The van der Waals surface area contributed by atoms with Gasteiger partial charge in [-0.1, -0.05) is 23.8 Å². The Morgan fingerprint density at radius 1 is 0.593 bits per heavy atom. The maximum Gasteiger partial charge on any atom is 0.343 e. The van der Waals surface area contributed by atoms with Crippen molar-refractivity contribution < 1.29 is 19.1 Å². The summed E-state index contributed by atoms with van der Waals surface area (Å²) in [6, 6.07) is 18.9. The predicted octanol–water partition coefficient (Wildman–Crippen LogP) is 5.05. The van der Waals surface area contributed by atoms with Gasteiger partial charge < -0.3 is 9.47 Å². The second-order valence-corrected chi connectivity index (χ2v) is 6.42. The Labute approximate surface area is 158 Å². The average Bonchev–Trinajstić information content (AvgIpc) is 2.66. The van der Waals surface area contributed by atoms with Gasteiger partial charge in [0.2, 0.25) is 0 Å². The quantitative estimate of drug-likeness (QED) is 0.482. The lowest BCUT2D eigenvalue weighted by Gasteiger charge is -2.08. The van der Waals surface area contributed by atoms with Crippen LogP contribution < -0.4 is 9.47 Å². The van der Waals surface area contributed by atoms with E-state index in [-0.39, 0.29) is 0 Å². The third kappa shape index (κ3) is 4.61. The lowest BCUT2D eigenvalue weighted by Crippen LogP contribution is -2.10. The molecular weight excluding hydrogens is 340 g/mol. The van der Waals surface area contributed by atoms with E-state index in [9.17, 15) is 9.59 Å². The first-order valence-electron chi connectivity index (χ1n) is 8.61. The first-order valence-corrected chi connectivity index (χ1v) is 8.61. The van der Waals surface area contributed by atoms with Crippen molar-refractivity contribution in [3.8, 4) is 11.5 Å². The van der Waals surface area contributed by atoms with E-state index < -0.39 is 11.9 Å². The van der Waals surface area contributed by atoms with Crippen molar-refractivity contribution in [2.75, 3.05) is 0 Å². The van der Waals surface area contributed by atoms with Gasteiger partial charge in [-0.3, -0.25) is 0 Å². The number of esters is 2. The maximum atomic E-state index is 12.3. The van der Waals surface area contributed by atoms with Crippen molar-refractivity contribution in [1.29, 1.82) is 0 Å². The van der Waals surface area contributed by atoms with Crippen LogP contribution in [0.1, 0.15) is 37.4 Å². The minimum Gasteiger partial charge on any atom is -0.423 e. The summed E-state index contributed by atoms with van der Waals surface area (Å²) in [7, 11) is 0. The molecule has 0 aliphatic heterocycles. The normalized spacial score (nSPS) is 10.3. The molecule has 0 spiro atoms. The fourth-order valence-electron chi connectivity index (χ4n) is 2.46. The predicted molar refractivity (Wildman–Crippen MR) is 103 cm³/mol. The number of aryl methyl sites for hydroxylation is 3. The molecular formula is C23H20O4. The van der Waals surface area contributed by atoms with Crippen LogP contribution in [0.2, 0.25) is 0 Å². The van der Waals surface area contributed by atoms with E-state index in [2.05, 4.69) is 0 Å². The summed E-state index contributed by atoms with van der Waals surface area (Å²) in [6.45, 7) is 5.91. The first-order chi connectivity index (χ1) is 12.9. The molecule has 0 bridgehead atoms. The molecule has 0 fully saturated rings. The van der Waals surface area contributed by atoms with Crippen LogP contribution in [-0.4, -0.2) is 11.9 Å². The van der Waals surface area contributed by atoms with E-state index in [1.807, 2.05) is 45.0 Å². The van der Waals surface area contributed by atoms with Gasteiger partial charge in [0.25, 0.3) is 0 Å². The molecule has 3 aromatic rings. The highest BCUT2D eigenvalue weighted by atomic mass is 16.5. The second-order valence-electron chi connectivity index (χ2n) is 6.42. The Balaban J connectivity index is 1.65. The lowest BCUT2D eigenvalue weighted by atomic mass is 10.1. The molecule has 3 aromatic carbocycles. The first kappa shape index (κ1) is 18.4. The van der Waals surface area contributed by atoms with Gasteiger partial charge in [0, 0.05) is 0 Å². The Morgan fingerprint density at radius 3 is 1.63 bits per heavy atom. The molecule has 136 valence electrons. The third-order valence-corrected chi connectivity index (χ3v) is 4.28. The molecule has 0 aromatic heterocycles. The van der Waals surface area contributed by atoms with Crippen LogP contribution in [0, 0.1) is 20.8 Å². The number of hydrogen-bond donors (Lipinski definition) is 0. The summed E-state index contributed by atoms with van der Waals surface area (Å²) in [5.41, 5.74) is 4.11. The average molecular weight is 360 g/mol. The maximum absolute atomic E-state index is 12.3. The Kier molecular flexibility index (Phi) is 5.36. The highest BCUT2D eigenvalue weighted by Crippen LogP contribution is 2.19. The van der Waals surface area contributed by atoms with E-state index in [1.54, 1.807) is 42.5 Å². The standard InChI is InChI=1S/C23H20O4/c1-15-4-7-18(8-5-15)22(24)26-20-12-9-19(10-13-20)23(25)27-21-11-6-16(2)17(3)14-21/h4-14H,1-3H3. The van der Waals surface area contributed by atoms with Gasteiger partial charge in [-0.15, -0.1) is 0 Å². The topological polar surface area (TPSA) is 52.6 Å². The van der Waals surface area contributed by atoms with E-state index in [4.69, 9.17) is 9.47 Å². The van der Waals surface area contributed by atoms with Crippen LogP contribution in [0.15, 0.2) is 66.7 Å². The van der Waals surface area contributed by atoms with E-state index >= 15 is 0 Å². The summed E-state index contributed by atoms with van der Waals surface area (Å²) < 4.78 is 10.7. The number of ether oxygens (including phenoxy) is 2. The summed E-state index contributed by atoms with van der Waals surface area (Å²) in [5.74, 6) is -0.0450. The van der Waals surface area contributed by atoms with Gasteiger partial charge in [0.15, 0.2) is 0 Å². The number of benzene rings is 3. The van der Waals surface area contributed by atoms with E-state index in [0.29, 0.717) is 22.6 Å². The van der Waals surface area contributed by atoms with Crippen molar-refractivity contribution in [3.05, 3.63) is 94.5 Å². The molecule has 0 atom stereocenters. The van der Waals surface area contributed by atoms with Crippen molar-refractivity contribution >= 4 is 11.9 Å². The van der Waals surface area contributed by atoms with Crippen molar-refractivity contribution in [2.45, 2.75) is 20.8 Å². The minimum atomic E-state index is -0.463. The van der Waals surface area contributed by atoms with Crippen molar-refractivity contribution in [2.24, 2.45) is 0 Å². The fraction of sp³-hybridized carbons (Fsp3) is 0.130. The van der Waals surface area contributed by atoms with Gasteiger partial charge in [-0.2, -0.15) is 0 Å². The van der Waals surface area contributed by atoms with Crippen LogP contribution in [-0.2, 0) is 0 Å². The van der Waals surface area contributed by atoms with Crippen LogP contribution in [0.25, 0.3) is 0 Å². The smallest absolute Gasteiger partial charge is 0.343 e. The summed E-state index contributed by atoms with van der Waals surface area (Å²) >= 11 is 0. The number of carbonyl (C=O) groups is 2. The number of carbonyl (C=O) groups excluding carboxylic acids is 2. The lowest BCUT2D eigenvalue weighted by molar-refractivity contribution is 0.0730. The molecule has 0 aliphatic rings. The summed E-state index contributed by atoms with van der Waals surface area (Å²) in [6.07, 6.45) is 0. The van der Waals surface area contributed by atoms with E-state index in [0.717, 1.165) is 16.7 Å². The van der Waals surface area contributed by atoms with E-state index in [1.165, 1.54) is 0 Å². The van der Waals surface area contributed by atoms with Crippen LogP contribution in [0.4, 0.5) is 0 Å². The largest absolute Gasteiger partial charge is 0.423 e. The molecule has 27 heavy (non-hydrogen) atoms. The zero-order chi connectivity index (χ0) is 19.4. The van der Waals surface area contributed by atoms with Gasteiger partial charge in [0.1, 0.15) is 11.5 Å². The molecule has 0 N–H and O–H groups in total. The molecule has 4 heteroatoms. The van der Waals surface area contributed by atoms with Crippen LogP contribution >= 0.6 is 0 Å². The van der Waals surface area contributed by atoms with Crippen molar-refractivity contribution in [1.82, 2.24) is 0 Å². The van der Waals surface area contributed by atoms with Crippen LogP contribution in [0.5, 0.6) is 11.5 Å². The van der Waals surface area contributed by atoms with Gasteiger partial charge in [0.05, 0.1) is 11.1 Å². The highest BCUT2D eigenvalue weighted by Gasteiger charge is 2.12. The number of rotatable bonds is 4. The Hall–Kier alpha value is -3.40. The van der Waals surface area contributed by atoms with Crippen LogP contribution in [0.3, 0.4) is 0 Å². The third-order valence-electron chi connectivity index (χ3n) is 4.28. The molecule has 0 amide bonds. The zero-order valence-electron chi connectivity index (χ0n) is 15.5. The summed E-state index contributed by atoms with van der Waals surface area (Å²) in [5, 5.41) is 0. The molecule has 0 radical (unpaired) electrons. The second kappa shape index (κ2) is 7.87. The zero-order valence-corrected chi connectivity index (χ0v) is 15.5. The Morgan fingerprint density at radius 2 is 1.07 bits per heavy atom. The Bertz CT molecular complexity index is 970. The number of hydrogen-bond acceptors (Lipinski definition) is 4. The molecule has 0 saturated heterocycles. The molecule has 0 heterocycles. The monoisotopic (exact) mass is 360 g/mol. The molecule has 4 nitrogen and oxygen atoms in total. The molecule has 0 aliphatic carbocycles. The minimum absolute atomic E-state index is 0.364. The molecule has 0 unspecified atom stereocenters. The van der Waals surface area contributed by atoms with Gasteiger partial charge in [-0.05, 0) is 80.4 Å². The van der Waals surface area contributed by atoms with Crippen molar-refractivity contribution in [3.63, 3.8) is 0 Å². The highest BCUT2D eigenvalue weighted by molar-refractivity contribution is 5.92. The van der Waals surface area contributed by atoms with Gasteiger partial charge in [-0.25, -0.2) is 9.59 Å². The molecule has 3 rings (SSSR count). The SMILES string of the molecule is Cc1ccc(C(=O)Oc2ccc(C(=O)Oc3ccc(C)c(C)c3)cc2)cc1. The molecule has 0 saturated carbocycles. The summed E-state index contributed by atoms with van der Waals surface area (Å²) in [4.78, 5) is 24.4. The fourth-order valence-corrected chi connectivity index (χ4v) is 2.46. The van der Waals surface area contributed by atoms with Gasteiger partial charge >= 0.3 is 11.9 Å².